The summed E-state index contributed by atoms with van der Waals surface area (Å²) in [5, 5.41) is 8.97. The van der Waals surface area contributed by atoms with Crippen LogP contribution in [-0.4, -0.2) is 11.1 Å². The summed E-state index contributed by atoms with van der Waals surface area (Å²) in [6.07, 6.45) is 4.60. The van der Waals surface area contributed by atoms with Gasteiger partial charge in [-0.05, 0) is 36.5 Å². The minimum absolute atomic E-state index is 0.0229. The molecule has 0 aromatic rings. The van der Waals surface area contributed by atoms with Crippen molar-refractivity contribution in [3.63, 3.8) is 0 Å². The second kappa shape index (κ2) is 2.73. The lowest BCUT2D eigenvalue weighted by molar-refractivity contribution is -0.140. The van der Waals surface area contributed by atoms with Crippen molar-refractivity contribution in [3.8, 4) is 0 Å². The summed E-state index contributed by atoms with van der Waals surface area (Å²) in [6, 6.07) is 0. The molecule has 2 aliphatic rings. The maximum atomic E-state index is 10.9. The average Bonchev–Trinajstić information content (AvgIpc) is 2.74. The number of hydrogen-bond donors (Lipinski definition) is 1. The number of carbonyl (C=O) groups is 1. The van der Waals surface area contributed by atoms with Crippen molar-refractivity contribution in [3.05, 3.63) is 0 Å². The van der Waals surface area contributed by atoms with E-state index in [2.05, 4.69) is 13.8 Å². The fourth-order valence-corrected chi connectivity index (χ4v) is 3.20. The van der Waals surface area contributed by atoms with E-state index < -0.39 is 5.97 Å². The molecule has 0 bridgehead atoms. The molecule has 0 radical (unpaired) electrons. The fourth-order valence-electron chi connectivity index (χ4n) is 3.20. The molecule has 0 aliphatic heterocycles. The van der Waals surface area contributed by atoms with E-state index in [1.165, 1.54) is 12.8 Å². The highest BCUT2D eigenvalue weighted by Gasteiger charge is 2.62. The Morgan fingerprint density at radius 1 is 1.31 bits per heavy atom. The average molecular weight is 182 g/mol. The monoisotopic (exact) mass is 182 g/mol. The Morgan fingerprint density at radius 2 is 2.00 bits per heavy atom. The second-order valence-electron chi connectivity index (χ2n) is 5.12. The van der Waals surface area contributed by atoms with E-state index in [0.717, 1.165) is 18.8 Å². The predicted octanol–water partition coefficient (Wildman–Crippen LogP) is 2.53. The van der Waals surface area contributed by atoms with Crippen molar-refractivity contribution >= 4 is 5.97 Å². The van der Waals surface area contributed by atoms with Crippen molar-refractivity contribution in [2.24, 2.45) is 23.2 Å². The Morgan fingerprint density at radius 3 is 2.54 bits per heavy atom. The third-order valence-electron chi connectivity index (χ3n) is 4.22. The minimum atomic E-state index is -0.569. The van der Waals surface area contributed by atoms with Crippen LogP contribution in [0.25, 0.3) is 0 Å². The number of rotatable bonds is 1. The normalized spacial score (nSPS) is 49.2. The molecule has 2 nitrogen and oxygen atoms in total. The molecule has 4 unspecified atom stereocenters. The molecular weight excluding hydrogens is 164 g/mol. The summed E-state index contributed by atoms with van der Waals surface area (Å²) in [7, 11) is 0. The second-order valence-corrected chi connectivity index (χ2v) is 5.12. The maximum Gasteiger partial charge on any atom is 0.307 e. The molecule has 2 aliphatic carbocycles. The number of carboxylic acids is 1. The maximum absolute atomic E-state index is 10.9. The van der Waals surface area contributed by atoms with Crippen LogP contribution in [0.1, 0.15) is 39.5 Å². The molecule has 0 amide bonds. The molecule has 13 heavy (non-hydrogen) atoms. The lowest BCUT2D eigenvalue weighted by atomic mass is 9.71. The van der Waals surface area contributed by atoms with Gasteiger partial charge in [-0.15, -0.1) is 0 Å². The van der Waals surface area contributed by atoms with E-state index in [-0.39, 0.29) is 11.3 Å². The zero-order chi connectivity index (χ0) is 9.64. The number of aliphatic carboxylic acids is 1. The lowest BCUT2D eigenvalue weighted by Gasteiger charge is -2.33. The summed E-state index contributed by atoms with van der Waals surface area (Å²) >= 11 is 0. The summed E-state index contributed by atoms with van der Waals surface area (Å²) in [5.41, 5.74) is 0.198. The summed E-state index contributed by atoms with van der Waals surface area (Å²) in [6.45, 7) is 4.49. The van der Waals surface area contributed by atoms with Gasteiger partial charge in [0.2, 0.25) is 0 Å². The van der Waals surface area contributed by atoms with Gasteiger partial charge in [0.25, 0.3) is 0 Å². The van der Waals surface area contributed by atoms with Gasteiger partial charge >= 0.3 is 5.97 Å². The molecule has 0 aromatic heterocycles. The van der Waals surface area contributed by atoms with Crippen molar-refractivity contribution in [1.82, 2.24) is 0 Å². The third-order valence-corrected chi connectivity index (χ3v) is 4.22. The van der Waals surface area contributed by atoms with E-state index in [1.807, 2.05) is 0 Å². The quantitative estimate of drug-likeness (QED) is 0.676. The van der Waals surface area contributed by atoms with Crippen LogP contribution >= 0.6 is 0 Å². The third kappa shape index (κ3) is 1.27. The number of carboxylic acid groups (broad SMARTS) is 1. The Labute approximate surface area is 79.3 Å². The Bertz CT molecular complexity index is 236. The zero-order valence-electron chi connectivity index (χ0n) is 8.42. The first kappa shape index (κ1) is 9.04. The highest BCUT2D eigenvalue weighted by Crippen LogP contribution is 2.65. The summed E-state index contributed by atoms with van der Waals surface area (Å²) in [4.78, 5) is 10.9. The molecule has 0 aromatic carbocycles. The predicted molar refractivity (Wildman–Crippen MR) is 50.4 cm³/mol. The molecule has 0 heterocycles. The molecule has 2 fully saturated rings. The fraction of sp³-hybridized carbons (Fsp3) is 0.909. The van der Waals surface area contributed by atoms with Gasteiger partial charge in [0.1, 0.15) is 0 Å². The van der Waals surface area contributed by atoms with Crippen LogP contribution in [0.2, 0.25) is 0 Å². The van der Waals surface area contributed by atoms with Gasteiger partial charge in [0.15, 0.2) is 0 Å². The van der Waals surface area contributed by atoms with Gasteiger partial charge in [-0.3, -0.25) is 4.79 Å². The van der Waals surface area contributed by atoms with Gasteiger partial charge in [0, 0.05) is 0 Å². The topological polar surface area (TPSA) is 37.3 Å². The smallest absolute Gasteiger partial charge is 0.307 e. The van der Waals surface area contributed by atoms with E-state index in [4.69, 9.17) is 5.11 Å². The van der Waals surface area contributed by atoms with Crippen LogP contribution < -0.4 is 0 Å². The highest BCUT2D eigenvalue weighted by molar-refractivity contribution is 5.75. The van der Waals surface area contributed by atoms with E-state index >= 15 is 0 Å². The Hall–Kier alpha value is -0.530. The summed E-state index contributed by atoms with van der Waals surface area (Å²) in [5.74, 6) is 0.775. The molecule has 2 saturated carbocycles. The van der Waals surface area contributed by atoms with Gasteiger partial charge in [-0.25, -0.2) is 0 Å². The van der Waals surface area contributed by atoms with E-state index in [1.54, 1.807) is 0 Å². The van der Waals surface area contributed by atoms with Crippen LogP contribution in [0.3, 0.4) is 0 Å². The lowest BCUT2D eigenvalue weighted by Crippen LogP contribution is -2.26. The first-order chi connectivity index (χ1) is 6.06. The van der Waals surface area contributed by atoms with Crippen LogP contribution in [0.5, 0.6) is 0 Å². The van der Waals surface area contributed by atoms with Crippen LogP contribution in [0.4, 0.5) is 0 Å². The highest BCUT2D eigenvalue weighted by atomic mass is 16.4. The van der Waals surface area contributed by atoms with Crippen molar-refractivity contribution in [1.29, 1.82) is 0 Å². The first-order valence-corrected chi connectivity index (χ1v) is 5.29. The first-order valence-electron chi connectivity index (χ1n) is 5.29. The van der Waals surface area contributed by atoms with Gasteiger partial charge in [-0.1, -0.05) is 20.3 Å². The Kier molecular flexibility index (Phi) is 1.90. The molecule has 1 N–H and O–H groups in total. The summed E-state index contributed by atoms with van der Waals surface area (Å²) < 4.78 is 0. The molecule has 2 heteroatoms. The van der Waals surface area contributed by atoms with Crippen LogP contribution in [0, 0.1) is 23.2 Å². The van der Waals surface area contributed by atoms with Gasteiger partial charge in [-0.2, -0.15) is 0 Å². The largest absolute Gasteiger partial charge is 0.481 e. The van der Waals surface area contributed by atoms with Gasteiger partial charge < -0.3 is 5.11 Å². The molecule has 2 rings (SSSR count). The SMILES string of the molecule is CC1CCC(C)C2(C1)CC2C(=O)O. The number of hydrogen-bond acceptors (Lipinski definition) is 1. The molecule has 1 spiro atoms. The van der Waals surface area contributed by atoms with E-state index in [9.17, 15) is 4.79 Å². The van der Waals surface area contributed by atoms with Crippen molar-refractivity contribution in [2.75, 3.05) is 0 Å². The zero-order valence-corrected chi connectivity index (χ0v) is 8.42. The van der Waals surface area contributed by atoms with E-state index in [0.29, 0.717) is 5.92 Å². The van der Waals surface area contributed by atoms with Crippen molar-refractivity contribution in [2.45, 2.75) is 39.5 Å². The standard InChI is InChI=1S/C11H18O2/c1-7-3-4-8(2)11(5-7)6-9(11)10(12)13/h7-9H,3-6H2,1-2H3,(H,12,13). The van der Waals surface area contributed by atoms with Crippen LogP contribution in [-0.2, 0) is 4.79 Å². The molecule has 0 saturated heterocycles. The Balaban J connectivity index is 2.10. The van der Waals surface area contributed by atoms with Crippen LogP contribution in [0.15, 0.2) is 0 Å². The molecule has 74 valence electrons. The van der Waals surface area contributed by atoms with Crippen molar-refractivity contribution < 1.29 is 9.90 Å². The molecular formula is C11H18O2. The minimum Gasteiger partial charge on any atom is -0.481 e. The van der Waals surface area contributed by atoms with Gasteiger partial charge in [0.05, 0.1) is 5.92 Å². The molecule has 4 atom stereocenters.